The van der Waals surface area contributed by atoms with Crippen molar-refractivity contribution in [2.75, 3.05) is 26.2 Å². The molecule has 0 spiro atoms. The third-order valence-electron chi connectivity index (χ3n) is 22.4. The van der Waals surface area contributed by atoms with Gasteiger partial charge < -0.3 is 112 Å². The monoisotopic (exact) mass is 1650 g/mol. The molecule has 636 valence electrons. The Balaban J connectivity index is 0.853. The van der Waals surface area contributed by atoms with E-state index in [0.717, 1.165) is 60.0 Å². The van der Waals surface area contributed by atoms with E-state index < -0.39 is 120 Å². The van der Waals surface area contributed by atoms with Gasteiger partial charge in [0.05, 0.1) is 6.04 Å². The number of aromatic nitrogens is 6. The van der Waals surface area contributed by atoms with Gasteiger partial charge in [0.15, 0.2) is 0 Å². The van der Waals surface area contributed by atoms with Crippen molar-refractivity contribution < 1.29 is 53.1 Å². The van der Waals surface area contributed by atoms with Crippen LogP contribution in [0.25, 0.3) is 65.4 Å². The SMILES string of the molecule is NCCCC[C@H](NC(=O)[C@H](Cc1c[nH]c2ccccc12)NC(=O)[C@H](Cc1c[nH]c2ccccc12)NC(=O)[C@H](CCCCN)NC(=O)[C@H](CCCCN)NC(=O)[C@@H](N)CCCCN)C(=O)N[C@@H](Cc1c[nH]c2ccccc12)C(=O)N[C@@H](Cc1c[nH]c2ccccc12)C(=O)N[C@@H](Cc1c[nH]c2ccccc12)C(=O)N[C@@H](Cc1c[nH]c2ccccc12)C(=O)O. The molecule has 26 N–H and O–H groups in total. The van der Waals surface area contributed by atoms with Crippen molar-refractivity contribution in [1.29, 1.82) is 0 Å². The second-order valence-electron chi connectivity index (χ2n) is 31.0. The normalized spacial score (nSPS) is 14.1. The lowest BCUT2D eigenvalue weighted by Crippen LogP contribution is -2.61. The molecule has 31 nitrogen and oxygen atoms in total. The van der Waals surface area contributed by atoms with Crippen molar-refractivity contribution in [3.05, 3.63) is 216 Å². The zero-order valence-corrected chi connectivity index (χ0v) is 67.6. The summed E-state index contributed by atoms with van der Waals surface area (Å²) in [6, 6.07) is 30.6. The summed E-state index contributed by atoms with van der Waals surface area (Å²) in [6.45, 7) is 1.22. The highest BCUT2D eigenvalue weighted by atomic mass is 16.4. The van der Waals surface area contributed by atoms with E-state index in [1.54, 1.807) is 37.2 Å². The molecule has 6 aromatic carbocycles. The molecule has 12 aromatic rings. The number of carbonyl (C=O) groups is 10. The number of rotatable bonds is 47. The van der Waals surface area contributed by atoms with Crippen LogP contribution in [0.5, 0.6) is 0 Å². The number of para-hydroxylation sites is 6. The quantitative estimate of drug-likeness (QED) is 0.0206. The van der Waals surface area contributed by atoms with Crippen LogP contribution in [0.1, 0.15) is 110 Å². The molecule has 0 aliphatic carbocycles. The molecule has 0 saturated heterocycles. The number of nitrogens with two attached hydrogens (primary N) is 5. The van der Waals surface area contributed by atoms with Gasteiger partial charge in [0.2, 0.25) is 53.2 Å². The van der Waals surface area contributed by atoms with Crippen LogP contribution < -0.4 is 76.5 Å². The summed E-state index contributed by atoms with van der Waals surface area (Å²) >= 11 is 0. The van der Waals surface area contributed by atoms with E-state index in [1.165, 1.54) is 0 Å². The number of benzene rings is 6. The molecule has 6 heterocycles. The van der Waals surface area contributed by atoms with Crippen LogP contribution >= 0.6 is 0 Å². The fourth-order valence-electron chi connectivity index (χ4n) is 15.8. The van der Waals surface area contributed by atoms with E-state index in [-0.39, 0.29) is 77.3 Å². The Morgan fingerprint density at radius 3 is 0.653 bits per heavy atom. The van der Waals surface area contributed by atoms with Crippen molar-refractivity contribution in [3.8, 4) is 0 Å². The summed E-state index contributed by atoms with van der Waals surface area (Å²) in [6.07, 6.45) is 13.7. The maximum atomic E-state index is 15.9. The molecule has 0 aliphatic heterocycles. The molecule has 10 atom stereocenters. The number of fused-ring (bicyclic) bond motifs is 6. The Morgan fingerprint density at radius 2 is 0.430 bits per heavy atom. The van der Waals surface area contributed by atoms with Crippen molar-refractivity contribution in [2.45, 2.75) is 176 Å². The minimum atomic E-state index is -1.51. The van der Waals surface area contributed by atoms with E-state index in [0.29, 0.717) is 103 Å². The van der Waals surface area contributed by atoms with Crippen molar-refractivity contribution >= 4 is 125 Å². The zero-order valence-electron chi connectivity index (χ0n) is 67.6. The van der Waals surface area contributed by atoms with Crippen LogP contribution in [0.2, 0.25) is 0 Å². The minimum absolute atomic E-state index is 0.0321. The summed E-state index contributed by atoms with van der Waals surface area (Å²) in [5, 5.41) is 41.3. The number of aliphatic carboxylic acids is 1. The number of carbonyl (C=O) groups excluding carboxylic acids is 9. The van der Waals surface area contributed by atoms with Crippen LogP contribution in [0.15, 0.2) is 183 Å². The number of nitrogens with one attached hydrogen (secondary N) is 15. The van der Waals surface area contributed by atoms with E-state index in [1.807, 2.05) is 146 Å². The first-order valence-electron chi connectivity index (χ1n) is 41.6. The molecular formula is C90H110N20O11. The maximum Gasteiger partial charge on any atom is 0.326 e. The molecule has 0 radical (unpaired) electrons. The molecule has 31 heteroatoms. The Kier molecular flexibility index (Phi) is 30.8. The Labute approximate surface area is 698 Å². The molecule has 0 bridgehead atoms. The van der Waals surface area contributed by atoms with Gasteiger partial charge in [-0.25, -0.2) is 4.79 Å². The fraction of sp³-hybridized carbons (Fsp3) is 0.356. The van der Waals surface area contributed by atoms with Crippen LogP contribution in [-0.2, 0) is 86.5 Å². The number of hydrogen-bond acceptors (Lipinski definition) is 15. The number of carboxylic acid groups (broad SMARTS) is 1. The molecule has 12 rings (SSSR count). The fourth-order valence-corrected chi connectivity index (χ4v) is 15.8. The van der Waals surface area contributed by atoms with Gasteiger partial charge in [-0.15, -0.1) is 0 Å². The minimum Gasteiger partial charge on any atom is -0.480 e. The molecule has 0 unspecified atom stereocenters. The molecule has 121 heavy (non-hydrogen) atoms. The summed E-state index contributed by atoms with van der Waals surface area (Å²) < 4.78 is 0. The summed E-state index contributed by atoms with van der Waals surface area (Å²) in [7, 11) is 0. The average molecular weight is 1650 g/mol. The molecule has 0 saturated carbocycles. The van der Waals surface area contributed by atoms with Crippen LogP contribution in [0, 0.1) is 0 Å². The molecule has 0 fully saturated rings. The number of amides is 9. The van der Waals surface area contributed by atoms with Gasteiger partial charge in [-0.3, -0.25) is 43.2 Å². The number of unbranched alkanes of at least 4 members (excludes halogenated alkanes) is 4. The van der Waals surface area contributed by atoms with E-state index in [4.69, 9.17) is 28.7 Å². The van der Waals surface area contributed by atoms with Crippen LogP contribution in [0.3, 0.4) is 0 Å². The van der Waals surface area contributed by atoms with Gasteiger partial charge in [-0.1, -0.05) is 116 Å². The average Bonchev–Trinajstić information content (AvgIpc) is 1.72. The van der Waals surface area contributed by atoms with Crippen molar-refractivity contribution in [2.24, 2.45) is 28.7 Å². The number of hydrogen-bond donors (Lipinski definition) is 21. The Hall–Kier alpha value is -12.9. The largest absolute Gasteiger partial charge is 0.480 e. The third kappa shape index (κ3) is 22.9. The number of aromatic amines is 6. The van der Waals surface area contributed by atoms with E-state index >= 15 is 33.6 Å². The second kappa shape index (κ2) is 42.6. The molecule has 6 aromatic heterocycles. The van der Waals surface area contributed by atoms with Crippen molar-refractivity contribution in [1.82, 2.24) is 77.8 Å². The van der Waals surface area contributed by atoms with Crippen LogP contribution in [-0.4, -0.2) is 181 Å². The van der Waals surface area contributed by atoms with Gasteiger partial charge in [0, 0.05) is 141 Å². The van der Waals surface area contributed by atoms with Gasteiger partial charge in [-0.05, 0) is 167 Å². The standard InChI is InChI=1S/C90H110N20O11/c91-37-17-13-27-65(95)81(111)102-72(34-14-18-38-92)82(112)103-73(35-15-19-39-93)83(113)105-76(42-54-48-97-67-29-8-2-22-60(54)67)86(116)107-75(41-53-47-96-66-28-7-1-21-59(53)66)85(115)104-74(36-16-20-40-94)84(114)106-77(43-55-49-98-68-30-9-3-23-61(55)68)87(117)108-78(44-56-50-99-69-31-10-4-24-62(56)69)88(118)109-79(45-57-51-100-70-32-11-5-25-63(57)70)89(119)110-80(90(120)121)46-58-52-101-71-33-12-6-26-64(58)71/h1-12,21-26,28-33,47-52,65,72-80,96-101H,13-20,27,34-46,91-95H2,(H,102,111)(H,103,112)(H,104,115)(H,105,113)(H,106,114)(H,107,116)(H,108,117)(H,109,118)(H,110,119)(H,120,121)/t65-,72-,73-,74-,75-,76-,77-,78-,79-,80-/m0/s1. The third-order valence-corrected chi connectivity index (χ3v) is 22.4. The lowest BCUT2D eigenvalue weighted by molar-refractivity contribution is -0.142. The first kappa shape index (κ1) is 87.4. The molecule has 0 aliphatic rings. The second-order valence-corrected chi connectivity index (χ2v) is 31.0. The summed E-state index contributed by atoms with van der Waals surface area (Å²) in [4.78, 5) is 170. The Morgan fingerprint density at radius 1 is 0.248 bits per heavy atom. The number of carboxylic acids is 1. The number of H-pyrrole nitrogens is 6. The smallest absolute Gasteiger partial charge is 0.326 e. The highest BCUT2D eigenvalue weighted by Crippen LogP contribution is 2.27. The van der Waals surface area contributed by atoms with Gasteiger partial charge in [0.25, 0.3) is 0 Å². The predicted octanol–water partition coefficient (Wildman–Crippen LogP) is 5.62. The Bertz CT molecular complexity index is 5560. The predicted molar refractivity (Wildman–Crippen MR) is 467 cm³/mol. The van der Waals surface area contributed by atoms with E-state index in [9.17, 15) is 19.5 Å². The zero-order chi connectivity index (χ0) is 85.3. The topological polar surface area (TPSA) is 524 Å². The highest BCUT2D eigenvalue weighted by Gasteiger charge is 2.38. The van der Waals surface area contributed by atoms with Gasteiger partial charge in [0.1, 0.15) is 54.4 Å². The molecule has 9 amide bonds. The van der Waals surface area contributed by atoms with Gasteiger partial charge >= 0.3 is 5.97 Å². The highest BCUT2D eigenvalue weighted by molar-refractivity contribution is 6.01. The first-order valence-corrected chi connectivity index (χ1v) is 41.6. The summed E-state index contributed by atoms with van der Waals surface area (Å²) in [5.74, 6) is -8.26. The summed E-state index contributed by atoms with van der Waals surface area (Å²) in [5.41, 5.74) is 38.1. The first-order chi connectivity index (χ1) is 58.8. The van der Waals surface area contributed by atoms with Gasteiger partial charge in [-0.2, -0.15) is 0 Å². The molecular weight excluding hydrogens is 1540 g/mol. The lowest BCUT2D eigenvalue weighted by Gasteiger charge is -2.28. The lowest BCUT2D eigenvalue weighted by atomic mass is 9.99. The maximum absolute atomic E-state index is 15.9. The van der Waals surface area contributed by atoms with Crippen molar-refractivity contribution in [3.63, 3.8) is 0 Å². The van der Waals surface area contributed by atoms with E-state index in [2.05, 4.69) is 77.8 Å². The van der Waals surface area contributed by atoms with Crippen LogP contribution in [0.4, 0.5) is 0 Å².